The van der Waals surface area contributed by atoms with Crippen LogP contribution in [0.4, 0.5) is 10.7 Å². The van der Waals surface area contributed by atoms with Gasteiger partial charge in [-0.3, -0.25) is 0 Å². The van der Waals surface area contributed by atoms with Crippen LogP contribution in [-0.4, -0.2) is 30.1 Å². The molecular formula is C17H23N5O5S. The Hall–Kier alpha value is -2.92. The summed E-state index contributed by atoms with van der Waals surface area (Å²) in [5.41, 5.74) is 6.03. The molecule has 0 aliphatic carbocycles. The third kappa shape index (κ3) is 7.76. The van der Waals surface area contributed by atoms with E-state index in [1.165, 1.54) is 6.07 Å². The minimum Gasteiger partial charge on any atom is -0.444 e. The monoisotopic (exact) mass is 409 g/mol. The Morgan fingerprint density at radius 3 is 2.39 bits per heavy atom. The fraction of sp³-hybridized carbons (Fsp3) is 0.353. The van der Waals surface area contributed by atoms with Crippen molar-refractivity contribution in [2.75, 3.05) is 5.73 Å². The summed E-state index contributed by atoms with van der Waals surface area (Å²) >= 11 is 0. The molecule has 0 fully saturated rings. The lowest BCUT2D eigenvalue weighted by Crippen LogP contribution is -2.32. The van der Waals surface area contributed by atoms with Crippen molar-refractivity contribution in [3.05, 3.63) is 41.6 Å². The maximum Gasteiger partial charge on any atom is 0.407 e. The Morgan fingerprint density at radius 1 is 1.18 bits per heavy atom. The summed E-state index contributed by atoms with van der Waals surface area (Å²) in [6.07, 6.45) is -0.586. The molecule has 5 N–H and O–H groups in total. The predicted octanol–water partition coefficient (Wildman–Crippen LogP) is 1.66. The van der Waals surface area contributed by atoms with E-state index in [1.54, 1.807) is 45.0 Å². The van der Waals surface area contributed by atoms with Crippen LogP contribution in [0.2, 0.25) is 0 Å². The SMILES string of the molecule is CC(C)(C)OC(=O)NCc1cc(Oc2ccc(CS(N)(=O)=O)cc2)nc(N)n1. The average Bonchev–Trinajstić information content (AvgIpc) is 2.51. The highest BCUT2D eigenvalue weighted by Crippen LogP contribution is 2.21. The summed E-state index contributed by atoms with van der Waals surface area (Å²) in [5, 5.41) is 7.59. The predicted molar refractivity (Wildman–Crippen MR) is 103 cm³/mol. The summed E-state index contributed by atoms with van der Waals surface area (Å²) in [6.45, 7) is 5.35. The molecule has 1 aromatic carbocycles. The van der Waals surface area contributed by atoms with Gasteiger partial charge in [0.1, 0.15) is 11.4 Å². The second kappa shape index (κ2) is 8.40. The van der Waals surface area contributed by atoms with Crippen LogP contribution >= 0.6 is 0 Å². The van der Waals surface area contributed by atoms with E-state index in [2.05, 4.69) is 15.3 Å². The van der Waals surface area contributed by atoms with Crippen molar-refractivity contribution < 1.29 is 22.7 Å². The van der Waals surface area contributed by atoms with Crippen molar-refractivity contribution in [1.29, 1.82) is 0 Å². The summed E-state index contributed by atoms with van der Waals surface area (Å²) in [4.78, 5) is 19.7. The number of rotatable bonds is 6. The summed E-state index contributed by atoms with van der Waals surface area (Å²) in [5.74, 6) is 0.299. The van der Waals surface area contributed by atoms with Crippen LogP contribution in [0.5, 0.6) is 11.6 Å². The standard InChI is InChI=1S/C17H23N5O5S/c1-17(2,3)27-16(23)20-9-12-8-14(22-15(18)21-12)26-13-6-4-11(5-7-13)10-28(19,24)25/h4-8H,9-10H2,1-3H3,(H,20,23)(H2,18,21,22)(H2,19,24,25). The molecule has 152 valence electrons. The number of nitrogens with zero attached hydrogens (tertiary/aromatic N) is 2. The minimum absolute atomic E-state index is 0.0238. The average molecular weight is 409 g/mol. The van der Waals surface area contributed by atoms with Gasteiger partial charge in [-0.2, -0.15) is 4.98 Å². The highest BCUT2D eigenvalue weighted by Gasteiger charge is 2.16. The molecule has 0 aliphatic rings. The molecule has 11 heteroatoms. The normalized spacial score (nSPS) is 11.7. The Labute approximate surface area is 163 Å². The van der Waals surface area contributed by atoms with Gasteiger partial charge in [0.05, 0.1) is 18.0 Å². The number of sulfonamides is 1. The fourth-order valence-corrected chi connectivity index (χ4v) is 2.78. The molecule has 0 bridgehead atoms. The van der Waals surface area contributed by atoms with E-state index in [9.17, 15) is 13.2 Å². The van der Waals surface area contributed by atoms with Crippen molar-refractivity contribution in [3.63, 3.8) is 0 Å². The first-order valence-corrected chi connectivity index (χ1v) is 9.99. The maximum atomic E-state index is 11.7. The summed E-state index contributed by atoms with van der Waals surface area (Å²) in [6, 6.07) is 7.84. The molecular weight excluding hydrogens is 386 g/mol. The number of benzene rings is 1. The fourth-order valence-electron chi connectivity index (χ4n) is 2.12. The maximum absolute atomic E-state index is 11.7. The zero-order valence-corrected chi connectivity index (χ0v) is 16.6. The minimum atomic E-state index is -3.61. The Morgan fingerprint density at radius 2 is 1.82 bits per heavy atom. The van der Waals surface area contributed by atoms with Crippen LogP contribution in [0.25, 0.3) is 0 Å². The van der Waals surface area contributed by atoms with Crippen LogP contribution in [-0.2, 0) is 27.1 Å². The third-order valence-electron chi connectivity index (χ3n) is 3.10. The largest absolute Gasteiger partial charge is 0.444 e. The molecule has 1 heterocycles. The molecule has 0 unspecified atom stereocenters. The number of nitrogens with one attached hydrogen (secondary N) is 1. The molecule has 2 aromatic rings. The molecule has 1 amide bonds. The molecule has 0 atom stereocenters. The molecule has 10 nitrogen and oxygen atoms in total. The van der Waals surface area contributed by atoms with Crippen molar-refractivity contribution in [2.24, 2.45) is 5.14 Å². The van der Waals surface area contributed by atoms with Crippen molar-refractivity contribution in [1.82, 2.24) is 15.3 Å². The Bertz CT molecular complexity index is 939. The third-order valence-corrected chi connectivity index (χ3v) is 3.84. The van der Waals surface area contributed by atoms with Gasteiger partial charge in [-0.25, -0.2) is 23.3 Å². The number of amides is 1. The first kappa shape index (κ1) is 21.4. The molecule has 0 spiro atoms. The summed E-state index contributed by atoms with van der Waals surface area (Å²) in [7, 11) is -3.61. The quantitative estimate of drug-likeness (QED) is 0.649. The summed E-state index contributed by atoms with van der Waals surface area (Å²) < 4.78 is 33.0. The molecule has 0 radical (unpaired) electrons. The lowest BCUT2D eigenvalue weighted by atomic mass is 10.2. The number of hydrogen-bond donors (Lipinski definition) is 3. The second-order valence-corrected chi connectivity index (χ2v) is 8.58. The zero-order valence-electron chi connectivity index (χ0n) is 15.8. The van der Waals surface area contributed by atoms with Gasteiger partial charge < -0.3 is 20.5 Å². The number of nitrogen functional groups attached to an aromatic ring is 1. The first-order chi connectivity index (χ1) is 12.9. The number of anilines is 1. The van der Waals surface area contributed by atoms with Gasteiger partial charge in [0.2, 0.25) is 21.9 Å². The van der Waals surface area contributed by atoms with Gasteiger partial charge in [0, 0.05) is 6.07 Å². The number of primary sulfonamides is 1. The van der Waals surface area contributed by atoms with Crippen LogP contribution in [0.1, 0.15) is 32.0 Å². The van der Waals surface area contributed by atoms with Gasteiger partial charge >= 0.3 is 6.09 Å². The Balaban J connectivity index is 2.03. The lowest BCUT2D eigenvalue weighted by molar-refractivity contribution is 0.0522. The number of alkyl carbamates (subject to hydrolysis) is 1. The van der Waals surface area contributed by atoms with Crippen LogP contribution in [0.3, 0.4) is 0 Å². The molecule has 2 rings (SSSR count). The topological polar surface area (TPSA) is 160 Å². The van der Waals surface area contributed by atoms with E-state index in [1.807, 2.05) is 0 Å². The number of nitrogens with two attached hydrogens (primary N) is 2. The van der Waals surface area contributed by atoms with Crippen LogP contribution in [0, 0.1) is 0 Å². The van der Waals surface area contributed by atoms with E-state index in [-0.39, 0.29) is 24.1 Å². The van der Waals surface area contributed by atoms with Crippen molar-refractivity contribution in [2.45, 2.75) is 38.7 Å². The highest BCUT2D eigenvalue weighted by atomic mass is 32.2. The molecule has 0 saturated heterocycles. The van der Waals surface area contributed by atoms with Crippen LogP contribution < -0.4 is 20.9 Å². The number of hydrogen-bond acceptors (Lipinski definition) is 8. The first-order valence-electron chi connectivity index (χ1n) is 8.27. The zero-order chi connectivity index (χ0) is 20.9. The van der Waals surface area contributed by atoms with Gasteiger partial charge in [0.25, 0.3) is 0 Å². The smallest absolute Gasteiger partial charge is 0.407 e. The van der Waals surface area contributed by atoms with E-state index in [4.69, 9.17) is 20.3 Å². The lowest BCUT2D eigenvalue weighted by Gasteiger charge is -2.19. The van der Waals surface area contributed by atoms with Crippen LogP contribution in [0.15, 0.2) is 30.3 Å². The van der Waals surface area contributed by atoms with Gasteiger partial charge in [0.15, 0.2) is 0 Å². The Kier molecular flexibility index (Phi) is 6.41. The second-order valence-electron chi connectivity index (χ2n) is 6.96. The number of aromatic nitrogens is 2. The van der Waals surface area contributed by atoms with E-state index in [0.717, 1.165) is 0 Å². The van der Waals surface area contributed by atoms with Crippen molar-refractivity contribution in [3.8, 4) is 11.6 Å². The van der Waals surface area contributed by atoms with Crippen molar-refractivity contribution >= 4 is 22.1 Å². The molecule has 0 aliphatic heterocycles. The number of carbonyl (C=O) groups excluding carboxylic acids is 1. The molecule has 0 saturated carbocycles. The molecule has 28 heavy (non-hydrogen) atoms. The van der Waals surface area contributed by atoms with E-state index in [0.29, 0.717) is 17.0 Å². The highest BCUT2D eigenvalue weighted by molar-refractivity contribution is 7.88. The van der Waals surface area contributed by atoms with Gasteiger partial charge in [-0.1, -0.05) is 12.1 Å². The van der Waals surface area contributed by atoms with E-state index >= 15 is 0 Å². The van der Waals surface area contributed by atoms with Gasteiger partial charge in [-0.15, -0.1) is 0 Å². The van der Waals surface area contributed by atoms with Gasteiger partial charge in [-0.05, 0) is 38.5 Å². The molecule has 1 aromatic heterocycles. The van der Waals surface area contributed by atoms with E-state index < -0.39 is 21.7 Å². The number of ether oxygens (including phenoxy) is 2. The number of carbonyl (C=O) groups is 1.